The van der Waals surface area contributed by atoms with Crippen LogP contribution >= 0.6 is 0 Å². The summed E-state index contributed by atoms with van der Waals surface area (Å²) in [7, 11) is 0. The second-order valence-electron chi connectivity index (χ2n) is 7.49. The second-order valence-corrected chi connectivity index (χ2v) is 7.49. The molecule has 4 rings (SSSR count). The molecule has 0 aromatic carbocycles. The quantitative estimate of drug-likeness (QED) is 0.678. The van der Waals surface area contributed by atoms with Gasteiger partial charge in [-0.1, -0.05) is 27.7 Å². The maximum absolute atomic E-state index is 13.0. The Morgan fingerprint density at radius 2 is 1.90 bits per heavy atom. The van der Waals surface area contributed by atoms with Gasteiger partial charge in [0.05, 0.1) is 0 Å². The zero-order chi connectivity index (χ0) is 23.1. The summed E-state index contributed by atoms with van der Waals surface area (Å²) in [5, 5.41) is 2.93. The summed E-state index contributed by atoms with van der Waals surface area (Å²) in [4.78, 5) is 36.3. The molecule has 31 heavy (non-hydrogen) atoms. The van der Waals surface area contributed by atoms with E-state index >= 15 is 0 Å². The molecular weight excluding hydrogens is 392 g/mol. The number of hydrogen-bond acceptors (Lipinski definition) is 4. The molecule has 0 bridgehead atoms. The number of aromatic amines is 1. The van der Waals surface area contributed by atoms with Gasteiger partial charge in [-0.15, -0.1) is 0 Å². The standard InChI is InChI=1S/C19H24N6O2.2C2H6/c1-12(2)24-8-6-20-17(24)14-5-4-7-23(11-14)18(26)15-10-21-16-9-13(3)22-25(16)19(15)27;2*1-2/h6,8-10,12,14,22H,4-5,7,11H2,1-3H3;2*1-2H3/t14-;;/m1../s1. The van der Waals surface area contributed by atoms with Crippen LogP contribution in [-0.2, 0) is 0 Å². The molecule has 0 radical (unpaired) electrons. The van der Waals surface area contributed by atoms with Crippen LogP contribution in [0.1, 0.15) is 88.2 Å². The largest absolute Gasteiger partial charge is 0.338 e. The Hall–Kier alpha value is -2.90. The van der Waals surface area contributed by atoms with E-state index in [0.29, 0.717) is 24.8 Å². The Labute approximate surface area is 184 Å². The van der Waals surface area contributed by atoms with Crippen LogP contribution in [0.5, 0.6) is 0 Å². The van der Waals surface area contributed by atoms with Crippen LogP contribution in [0.15, 0.2) is 29.5 Å². The number of likely N-dealkylation sites (tertiary alicyclic amines) is 1. The van der Waals surface area contributed by atoms with Crippen molar-refractivity contribution in [3.05, 3.63) is 52.1 Å². The molecule has 1 amide bonds. The summed E-state index contributed by atoms with van der Waals surface area (Å²) in [6, 6.07) is 2.10. The van der Waals surface area contributed by atoms with Crippen LogP contribution in [0.25, 0.3) is 5.65 Å². The molecule has 0 aliphatic carbocycles. The van der Waals surface area contributed by atoms with E-state index in [9.17, 15) is 9.59 Å². The predicted molar refractivity (Wildman–Crippen MR) is 124 cm³/mol. The van der Waals surface area contributed by atoms with Crippen molar-refractivity contribution < 1.29 is 4.79 Å². The number of rotatable bonds is 3. The number of nitrogens with zero attached hydrogens (tertiary/aromatic N) is 5. The number of carbonyl (C=O) groups excluding carboxylic acids is 1. The van der Waals surface area contributed by atoms with Crippen LogP contribution in [-0.4, -0.2) is 48.0 Å². The van der Waals surface area contributed by atoms with Crippen molar-refractivity contribution in [3.8, 4) is 0 Å². The first-order valence-corrected chi connectivity index (χ1v) is 11.3. The molecule has 1 aliphatic rings. The number of aryl methyl sites for hydroxylation is 1. The summed E-state index contributed by atoms with van der Waals surface area (Å²) >= 11 is 0. The number of fused-ring (bicyclic) bond motifs is 1. The van der Waals surface area contributed by atoms with Gasteiger partial charge in [-0.2, -0.15) is 0 Å². The lowest BCUT2D eigenvalue weighted by molar-refractivity contribution is 0.0700. The van der Waals surface area contributed by atoms with E-state index in [1.807, 2.05) is 47.0 Å². The normalized spacial score (nSPS) is 15.9. The van der Waals surface area contributed by atoms with Gasteiger partial charge in [-0.05, 0) is 33.6 Å². The highest BCUT2D eigenvalue weighted by Crippen LogP contribution is 2.28. The van der Waals surface area contributed by atoms with Crippen molar-refractivity contribution in [2.45, 2.75) is 73.3 Å². The van der Waals surface area contributed by atoms with E-state index in [0.717, 1.165) is 24.4 Å². The maximum Gasteiger partial charge on any atom is 0.285 e. The number of nitrogens with one attached hydrogen (secondary N) is 1. The fourth-order valence-electron chi connectivity index (χ4n) is 3.85. The van der Waals surface area contributed by atoms with Gasteiger partial charge < -0.3 is 9.47 Å². The van der Waals surface area contributed by atoms with Gasteiger partial charge in [0.2, 0.25) is 0 Å². The molecule has 1 fully saturated rings. The van der Waals surface area contributed by atoms with Gasteiger partial charge in [0.15, 0.2) is 5.65 Å². The first-order valence-electron chi connectivity index (χ1n) is 11.3. The molecule has 8 nitrogen and oxygen atoms in total. The highest BCUT2D eigenvalue weighted by Gasteiger charge is 2.30. The lowest BCUT2D eigenvalue weighted by atomic mass is 9.96. The molecule has 0 unspecified atom stereocenters. The van der Waals surface area contributed by atoms with Crippen LogP contribution in [0.3, 0.4) is 0 Å². The van der Waals surface area contributed by atoms with Crippen molar-refractivity contribution in [3.63, 3.8) is 0 Å². The Kier molecular flexibility index (Phi) is 8.59. The summed E-state index contributed by atoms with van der Waals surface area (Å²) in [5.74, 6) is 0.918. The monoisotopic (exact) mass is 428 g/mol. The molecule has 0 spiro atoms. The number of hydrogen-bond donors (Lipinski definition) is 1. The molecule has 3 aromatic rings. The average molecular weight is 429 g/mol. The molecular formula is C23H36N6O2. The fraction of sp³-hybridized carbons (Fsp3) is 0.565. The predicted octanol–water partition coefficient (Wildman–Crippen LogP) is 4.18. The van der Waals surface area contributed by atoms with Crippen LogP contribution in [0.2, 0.25) is 0 Å². The molecule has 1 N–H and O–H groups in total. The zero-order valence-electron chi connectivity index (χ0n) is 19.8. The molecule has 170 valence electrons. The average Bonchev–Trinajstić information content (AvgIpc) is 3.43. The van der Waals surface area contributed by atoms with E-state index in [1.54, 1.807) is 11.0 Å². The Morgan fingerprint density at radius 1 is 1.19 bits per heavy atom. The van der Waals surface area contributed by atoms with E-state index in [-0.39, 0.29) is 22.9 Å². The molecule has 0 saturated carbocycles. The van der Waals surface area contributed by atoms with Gasteiger partial charge >= 0.3 is 0 Å². The van der Waals surface area contributed by atoms with Crippen LogP contribution < -0.4 is 5.56 Å². The number of imidazole rings is 1. The van der Waals surface area contributed by atoms with Gasteiger partial charge in [0.1, 0.15) is 11.4 Å². The number of H-pyrrole nitrogens is 1. The minimum atomic E-state index is -0.357. The van der Waals surface area contributed by atoms with Gasteiger partial charge in [0, 0.05) is 55.4 Å². The highest BCUT2D eigenvalue weighted by molar-refractivity contribution is 5.93. The number of amides is 1. The molecule has 1 saturated heterocycles. The van der Waals surface area contributed by atoms with Crippen molar-refractivity contribution in [1.82, 2.24) is 29.0 Å². The maximum atomic E-state index is 13.0. The topological polar surface area (TPSA) is 88.3 Å². The van der Waals surface area contributed by atoms with Crippen LogP contribution in [0, 0.1) is 6.92 Å². The van der Waals surface area contributed by atoms with Crippen molar-refractivity contribution in [2.24, 2.45) is 0 Å². The molecule has 1 atom stereocenters. The lowest BCUT2D eigenvalue weighted by Crippen LogP contribution is -2.42. The SMILES string of the molecule is CC.CC.Cc1cc2ncc(C(=O)N3CCC[C@@H](c4nccn4C(C)C)C3)c(=O)n2[nH]1. The number of piperidine rings is 1. The summed E-state index contributed by atoms with van der Waals surface area (Å²) in [6.07, 6.45) is 7.07. The molecule has 1 aliphatic heterocycles. The van der Waals surface area contributed by atoms with Crippen LogP contribution in [0.4, 0.5) is 0 Å². The third kappa shape index (κ3) is 5.06. The van der Waals surface area contributed by atoms with E-state index in [4.69, 9.17) is 0 Å². The molecule has 3 aromatic heterocycles. The second kappa shape index (κ2) is 10.9. The van der Waals surface area contributed by atoms with E-state index in [2.05, 4.69) is 33.5 Å². The molecule has 8 heteroatoms. The van der Waals surface area contributed by atoms with Crippen molar-refractivity contribution >= 4 is 11.6 Å². The van der Waals surface area contributed by atoms with Crippen molar-refractivity contribution in [1.29, 1.82) is 0 Å². The Bertz CT molecular complexity index is 1050. The molecule has 4 heterocycles. The summed E-state index contributed by atoms with van der Waals surface area (Å²) < 4.78 is 3.48. The zero-order valence-corrected chi connectivity index (χ0v) is 19.8. The van der Waals surface area contributed by atoms with Crippen molar-refractivity contribution in [2.75, 3.05) is 13.1 Å². The van der Waals surface area contributed by atoms with Gasteiger partial charge in [-0.25, -0.2) is 14.5 Å². The van der Waals surface area contributed by atoms with Gasteiger partial charge in [0.25, 0.3) is 11.5 Å². The first kappa shape index (κ1) is 24.4. The lowest BCUT2D eigenvalue weighted by Gasteiger charge is -2.33. The van der Waals surface area contributed by atoms with Gasteiger partial charge in [-0.3, -0.25) is 14.7 Å². The minimum absolute atomic E-state index is 0.0993. The Balaban J connectivity index is 0.000000807. The Morgan fingerprint density at radius 3 is 2.58 bits per heavy atom. The first-order chi connectivity index (χ1) is 15.0. The number of carbonyl (C=O) groups is 1. The fourth-order valence-corrected chi connectivity index (χ4v) is 3.85. The number of aromatic nitrogens is 5. The minimum Gasteiger partial charge on any atom is -0.338 e. The van der Waals surface area contributed by atoms with E-state index in [1.165, 1.54) is 10.7 Å². The van der Waals surface area contributed by atoms with E-state index < -0.39 is 0 Å². The highest BCUT2D eigenvalue weighted by atomic mass is 16.2. The summed E-state index contributed by atoms with van der Waals surface area (Å²) in [6.45, 7) is 15.3. The third-order valence-corrected chi connectivity index (χ3v) is 5.18. The third-order valence-electron chi connectivity index (χ3n) is 5.18. The summed E-state index contributed by atoms with van der Waals surface area (Å²) in [5.41, 5.74) is 1.08. The smallest absolute Gasteiger partial charge is 0.285 e.